The molecule has 88 valence electrons. The maximum absolute atomic E-state index is 4.36. The summed E-state index contributed by atoms with van der Waals surface area (Å²) in [5, 5.41) is 5.81. The average Bonchev–Trinajstić information content (AvgIpc) is 2.81. The molecule has 3 rings (SSSR count). The van der Waals surface area contributed by atoms with Crippen molar-refractivity contribution >= 4 is 11.3 Å². The Morgan fingerprint density at radius 1 is 1.41 bits per heavy atom. The standard InChI is InChI=1S/C14H16N2S/c1-10-2-3-11(9-16-10)8-13-14-12(4-6-15-13)5-7-17-14/h2-3,5,7,9,13,15H,4,6,8H2,1H3. The largest absolute Gasteiger partial charge is 0.309 e. The maximum Gasteiger partial charge on any atom is 0.0459 e. The number of aromatic nitrogens is 1. The van der Waals surface area contributed by atoms with Gasteiger partial charge in [-0.1, -0.05) is 6.07 Å². The Labute approximate surface area is 106 Å². The van der Waals surface area contributed by atoms with Crippen molar-refractivity contribution in [3.8, 4) is 0 Å². The van der Waals surface area contributed by atoms with E-state index in [1.807, 2.05) is 24.5 Å². The maximum atomic E-state index is 4.36. The third-order valence-electron chi connectivity index (χ3n) is 3.29. The van der Waals surface area contributed by atoms with Gasteiger partial charge >= 0.3 is 0 Å². The predicted octanol–water partition coefficient (Wildman–Crippen LogP) is 2.88. The highest BCUT2D eigenvalue weighted by Gasteiger charge is 2.20. The summed E-state index contributed by atoms with van der Waals surface area (Å²) >= 11 is 1.87. The lowest BCUT2D eigenvalue weighted by molar-refractivity contribution is 0.512. The number of pyridine rings is 1. The Hall–Kier alpha value is -1.19. The Morgan fingerprint density at radius 3 is 3.18 bits per heavy atom. The van der Waals surface area contributed by atoms with Gasteiger partial charge in [0.25, 0.3) is 0 Å². The first-order valence-corrected chi connectivity index (χ1v) is 6.92. The van der Waals surface area contributed by atoms with Crippen molar-refractivity contribution in [3.63, 3.8) is 0 Å². The average molecular weight is 244 g/mol. The van der Waals surface area contributed by atoms with Crippen LogP contribution >= 0.6 is 11.3 Å². The van der Waals surface area contributed by atoms with E-state index in [9.17, 15) is 0 Å². The molecule has 2 aromatic heterocycles. The van der Waals surface area contributed by atoms with Gasteiger partial charge in [-0.2, -0.15) is 0 Å². The zero-order valence-electron chi connectivity index (χ0n) is 9.94. The lowest BCUT2D eigenvalue weighted by atomic mass is 9.98. The van der Waals surface area contributed by atoms with Crippen molar-refractivity contribution in [1.82, 2.24) is 10.3 Å². The van der Waals surface area contributed by atoms with Crippen LogP contribution in [-0.4, -0.2) is 11.5 Å². The normalized spacial score (nSPS) is 19.0. The van der Waals surface area contributed by atoms with Crippen LogP contribution < -0.4 is 5.32 Å². The molecule has 1 atom stereocenters. The first-order chi connectivity index (χ1) is 8.33. The molecular formula is C14H16N2S. The van der Waals surface area contributed by atoms with E-state index in [1.165, 1.54) is 22.4 Å². The van der Waals surface area contributed by atoms with E-state index < -0.39 is 0 Å². The molecule has 0 bridgehead atoms. The highest BCUT2D eigenvalue weighted by atomic mass is 32.1. The number of nitrogens with one attached hydrogen (secondary N) is 1. The van der Waals surface area contributed by atoms with Gasteiger partial charge in [-0.05, 0) is 54.9 Å². The fourth-order valence-electron chi connectivity index (χ4n) is 2.35. The van der Waals surface area contributed by atoms with Gasteiger partial charge in [0.1, 0.15) is 0 Å². The fraction of sp³-hybridized carbons (Fsp3) is 0.357. The van der Waals surface area contributed by atoms with Crippen LogP contribution in [-0.2, 0) is 12.8 Å². The van der Waals surface area contributed by atoms with Gasteiger partial charge in [-0.3, -0.25) is 4.98 Å². The van der Waals surface area contributed by atoms with Crippen molar-refractivity contribution in [1.29, 1.82) is 0 Å². The van der Waals surface area contributed by atoms with E-state index in [4.69, 9.17) is 0 Å². The summed E-state index contributed by atoms with van der Waals surface area (Å²) in [4.78, 5) is 5.87. The molecule has 1 N–H and O–H groups in total. The minimum Gasteiger partial charge on any atom is -0.309 e. The van der Waals surface area contributed by atoms with Crippen molar-refractivity contribution in [3.05, 3.63) is 51.5 Å². The van der Waals surface area contributed by atoms with E-state index in [0.29, 0.717) is 6.04 Å². The third-order valence-corrected chi connectivity index (χ3v) is 4.37. The van der Waals surface area contributed by atoms with Crippen LogP contribution in [0.5, 0.6) is 0 Å². The van der Waals surface area contributed by atoms with Gasteiger partial charge in [0, 0.05) is 22.8 Å². The van der Waals surface area contributed by atoms with E-state index in [-0.39, 0.29) is 0 Å². The summed E-state index contributed by atoms with van der Waals surface area (Å²) in [6.07, 6.45) is 4.21. The van der Waals surface area contributed by atoms with E-state index >= 15 is 0 Å². The van der Waals surface area contributed by atoms with Crippen LogP contribution in [0.15, 0.2) is 29.8 Å². The van der Waals surface area contributed by atoms with Crippen LogP contribution in [0.2, 0.25) is 0 Å². The highest BCUT2D eigenvalue weighted by molar-refractivity contribution is 7.10. The second-order valence-electron chi connectivity index (χ2n) is 4.58. The Morgan fingerprint density at radius 2 is 2.35 bits per heavy atom. The monoisotopic (exact) mass is 244 g/mol. The molecule has 3 heteroatoms. The van der Waals surface area contributed by atoms with Gasteiger partial charge in [-0.15, -0.1) is 11.3 Å². The van der Waals surface area contributed by atoms with Gasteiger partial charge in [0.2, 0.25) is 0 Å². The lowest BCUT2D eigenvalue weighted by Gasteiger charge is -2.24. The quantitative estimate of drug-likeness (QED) is 0.878. The predicted molar refractivity (Wildman–Crippen MR) is 71.4 cm³/mol. The Bertz CT molecular complexity index is 501. The molecule has 2 nitrogen and oxygen atoms in total. The summed E-state index contributed by atoms with van der Waals surface area (Å²) in [6.45, 7) is 3.12. The topological polar surface area (TPSA) is 24.9 Å². The Kier molecular flexibility index (Phi) is 2.95. The van der Waals surface area contributed by atoms with Gasteiger partial charge in [-0.25, -0.2) is 0 Å². The first-order valence-electron chi connectivity index (χ1n) is 6.04. The van der Waals surface area contributed by atoms with Gasteiger partial charge in [0.15, 0.2) is 0 Å². The van der Waals surface area contributed by atoms with E-state index in [1.54, 1.807) is 0 Å². The fourth-order valence-corrected chi connectivity index (χ4v) is 3.38. The van der Waals surface area contributed by atoms with Crippen LogP contribution in [0, 0.1) is 6.92 Å². The highest BCUT2D eigenvalue weighted by Crippen LogP contribution is 2.30. The lowest BCUT2D eigenvalue weighted by Crippen LogP contribution is -2.29. The molecule has 0 spiro atoms. The number of aryl methyl sites for hydroxylation is 1. The molecule has 3 heterocycles. The molecule has 0 saturated heterocycles. The smallest absolute Gasteiger partial charge is 0.0459 e. The minimum atomic E-state index is 0.475. The number of nitrogens with zero attached hydrogens (tertiary/aromatic N) is 1. The molecule has 0 amide bonds. The summed E-state index contributed by atoms with van der Waals surface area (Å²) < 4.78 is 0. The summed E-state index contributed by atoms with van der Waals surface area (Å²) in [5.41, 5.74) is 3.93. The van der Waals surface area contributed by atoms with E-state index in [0.717, 1.165) is 18.7 Å². The van der Waals surface area contributed by atoms with Crippen LogP contribution in [0.1, 0.15) is 27.7 Å². The number of rotatable bonds is 2. The van der Waals surface area contributed by atoms with Crippen LogP contribution in [0.3, 0.4) is 0 Å². The Balaban J connectivity index is 1.81. The van der Waals surface area contributed by atoms with Gasteiger partial charge < -0.3 is 5.32 Å². The molecule has 0 aromatic carbocycles. The van der Waals surface area contributed by atoms with Crippen molar-refractivity contribution in [2.24, 2.45) is 0 Å². The molecule has 17 heavy (non-hydrogen) atoms. The molecule has 0 fully saturated rings. The molecular weight excluding hydrogens is 228 g/mol. The van der Waals surface area contributed by atoms with Crippen LogP contribution in [0.25, 0.3) is 0 Å². The second kappa shape index (κ2) is 4.59. The van der Waals surface area contributed by atoms with E-state index in [2.05, 4.69) is 33.9 Å². The molecule has 0 saturated carbocycles. The molecule has 0 aliphatic carbocycles. The number of thiophene rings is 1. The molecule has 1 aliphatic heterocycles. The SMILES string of the molecule is Cc1ccc(CC2NCCc3ccsc32)cn1. The molecule has 1 aliphatic rings. The number of hydrogen-bond donors (Lipinski definition) is 1. The zero-order chi connectivity index (χ0) is 11.7. The summed E-state index contributed by atoms with van der Waals surface area (Å²) in [6, 6.07) is 7.02. The van der Waals surface area contributed by atoms with Gasteiger partial charge in [0.05, 0.1) is 0 Å². The van der Waals surface area contributed by atoms with Crippen molar-refractivity contribution < 1.29 is 0 Å². The zero-order valence-corrected chi connectivity index (χ0v) is 10.8. The minimum absolute atomic E-state index is 0.475. The third kappa shape index (κ3) is 2.26. The number of hydrogen-bond acceptors (Lipinski definition) is 3. The van der Waals surface area contributed by atoms with Crippen LogP contribution in [0.4, 0.5) is 0 Å². The molecule has 2 aromatic rings. The first kappa shape index (κ1) is 10.9. The molecule has 1 unspecified atom stereocenters. The molecule has 0 radical (unpaired) electrons. The summed E-state index contributed by atoms with van der Waals surface area (Å²) in [5.74, 6) is 0. The summed E-state index contributed by atoms with van der Waals surface area (Å²) in [7, 11) is 0. The number of fused-ring (bicyclic) bond motifs is 1. The van der Waals surface area contributed by atoms with Crippen molar-refractivity contribution in [2.45, 2.75) is 25.8 Å². The van der Waals surface area contributed by atoms with Crippen molar-refractivity contribution in [2.75, 3.05) is 6.54 Å². The second-order valence-corrected chi connectivity index (χ2v) is 5.53.